The van der Waals surface area contributed by atoms with Gasteiger partial charge in [-0.3, -0.25) is 4.98 Å². The van der Waals surface area contributed by atoms with Gasteiger partial charge in [0.25, 0.3) is 0 Å². The van der Waals surface area contributed by atoms with Crippen LogP contribution < -0.4 is 14.8 Å². The van der Waals surface area contributed by atoms with Crippen molar-refractivity contribution in [1.82, 2.24) is 4.98 Å². The zero-order valence-corrected chi connectivity index (χ0v) is 11.7. The summed E-state index contributed by atoms with van der Waals surface area (Å²) in [5.41, 5.74) is 1.70. The number of rotatable bonds is 4. The highest BCUT2D eigenvalue weighted by Crippen LogP contribution is 2.31. The molecule has 0 atom stereocenters. The average molecular weight is 309 g/mol. The van der Waals surface area contributed by atoms with Gasteiger partial charge in [0, 0.05) is 16.7 Å². The van der Waals surface area contributed by atoms with Gasteiger partial charge in [0.2, 0.25) is 0 Å². The molecule has 0 unspecified atom stereocenters. The molecule has 2 aromatic rings. The highest BCUT2D eigenvalue weighted by Gasteiger charge is 2.05. The van der Waals surface area contributed by atoms with Crippen LogP contribution in [0.1, 0.15) is 0 Å². The summed E-state index contributed by atoms with van der Waals surface area (Å²) in [6.45, 7) is 0. The maximum Gasteiger partial charge on any atom is 0.142 e. The third-order valence-corrected chi connectivity index (χ3v) is 2.82. The van der Waals surface area contributed by atoms with Crippen molar-refractivity contribution in [2.24, 2.45) is 0 Å². The summed E-state index contributed by atoms with van der Waals surface area (Å²) in [6, 6.07) is 7.52. The van der Waals surface area contributed by atoms with Gasteiger partial charge < -0.3 is 14.8 Å². The number of ether oxygens (including phenoxy) is 2. The highest BCUT2D eigenvalue weighted by atomic mass is 79.9. The summed E-state index contributed by atoms with van der Waals surface area (Å²) >= 11 is 3.38. The van der Waals surface area contributed by atoms with Crippen LogP contribution in [0.15, 0.2) is 41.1 Å². The van der Waals surface area contributed by atoms with Gasteiger partial charge in [0.15, 0.2) is 0 Å². The Morgan fingerprint density at radius 3 is 2.61 bits per heavy atom. The SMILES string of the molecule is COc1ccc(OC)c(Nc2cncc(Br)c2)c1. The van der Waals surface area contributed by atoms with Gasteiger partial charge in [-0.1, -0.05) is 0 Å². The average Bonchev–Trinajstić information content (AvgIpc) is 2.38. The van der Waals surface area contributed by atoms with Crippen molar-refractivity contribution in [3.63, 3.8) is 0 Å². The minimum absolute atomic E-state index is 0.746. The van der Waals surface area contributed by atoms with E-state index in [1.54, 1.807) is 26.6 Å². The summed E-state index contributed by atoms with van der Waals surface area (Å²) in [4.78, 5) is 4.10. The number of halogens is 1. The Kier molecular flexibility index (Phi) is 4.04. The number of nitrogens with zero attached hydrogens (tertiary/aromatic N) is 1. The number of hydrogen-bond donors (Lipinski definition) is 1. The van der Waals surface area contributed by atoms with Gasteiger partial charge in [-0.2, -0.15) is 0 Å². The molecule has 5 heteroatoms. The third kappa shape index (κ3) is 2.92. The molecule has 4 nitrogen and oxygen atoms in total. The van der Waals surface area contributed by atoms with Crippen molar-refractivity contribution in [3.8, 4) is 11.5 Å². The van der Waals surface area contributed by atoms with E-state index in [1.165, 1.54) is 0 Å². The zero-order chi connectivity index (χ0) is 13.0. The Labute approximate surface area is 114 Å². The lowest BCUT2D eigenvalue weighted by Gasteiger charge is -2.12. The smallest absolute Gasteiger partial charge is 0.142 e. The number of hydrogen-bond acceptors (Lipinski definition) is 4. The second kappa shape index (κ2) is 5.73. The van der Waals surface area contributed by atoms with Crippen LogP contribution in [0.25, 0.3) is 0 Å². The molecule has 0 saturated heterocycles. The minimum Gasteiger partial charge on any atom is -0.497 e. The maximum absolute atomic E-state index is 5.30. The van der Waals surface area contributed by atoms with Crippen molar-refractivity contribution >= 4 is 27.3 Å². The second-order valence-electron chi connectivity index (χ2n) is 3.58. The molecule has 0 amide bonds. The van der Waals surface area contributed by atoms with Crippen molar-refractivity contribution in [2.45, 2.75) is 0 Å². The monoisotopic (exact) mass is 308 g/mol. The number of aromatic nitrogens is 1. The lowest BCUT2D eigenvalue weighted by atomic mass is 10.2. The van der Waals surface area contributed by atoms with E-state index in [1.807, 2.05) is 24.3 Å². The van der Waals surface area contributed by atoms with E-state index in [0.717, 1.165) is 27.3 Å². The molecular formula is C13H13BrN2O2. The molecule has 0 aliphatic rings. The number of benzene rings is 1. The molecule has 18 heavy (non-hydrogen) atoms. The van der Waals surface area contributed by atoms with Gasteiger partial charge in [0.05, 0.1) is 31.8 Å². The maximum atomic E-state index is 5.30. The molecule has 0 aliphatic carbocycles. The number of nitrogens with one attached hydrogen (secondary N) is 1. The standard InChI is InChI=1S/C13H13BrN2O2/c1-17-11-3-4-13(18-2)12(6-11)16-10-5-9(14)7-15-8-10/h3-8,16H,1-2H3. The first-order valence-electron chi connectivity index (χ1n) is 5.32. The Bertz CT molecular complexity index is 546. The molecule has 0 spiro atoms. The Hall–Kier alpha value is -1.75. The van der Waals surface area contributed by atoms with Crippen LogP contribution in [-0.2, 0) is 0 Å². The van der Waals surface area contributed by atoms with Crippen LogP contribution in [-0.4, -0.2) is 19.2 Å². The summed E-state index contributed by atoms with van der Waals surface area (Å²) in [5.74, 6) is 1.51. The van der Waals surface area contributed by atoms with Crippen LogP contribution in [0.3, 0.4) is 0 Å². The highest BCUT2D eigenvalue weighted by molar-refractivity contribution is 9.10. The lowest BCUT2D eigenvalue weighted by molar-refractivity contribution is 0.405. The summed E-state index contributed by atoms with van der Waals surface area (Å²) in [5, 5.41) is 3.24. The van der Waals surface area contributed by atoms with Crippen LogP contribution in [0.4, 0.5) is 11.4 Å². The van der Waals surface area contributed by atoms with E-state index >= 15 is 0 Å². The second-order valence-corrected chi connectivity index (χ2v) is 4.50. The molecule has 0 radical (unpaired) electrons. The van der Waals surface area contributed by atoms with E-state index in [4.69, 9.17) is 9.47 Å². The van der Waals surface area contributed by atoms with Gasteiger partial charge in [-0.05, 0) is 34.1 Å². The summed E-state index contributed by atoms with van der Waals surface area (Å²) in [7, 11) is 3.26. The van der Waals surface area contributed by atoms with Crippen LogP contribution >= 0.6 is 15.9 Å². The van der Waals surface area contributed by atoms with E-state index in [9.17, 15) is 0 Å². The first-order valence-corrected chi connectivity index (χ1v) is 6.12. The molecule has 1 aromatic heterocycles. The Balaban J connectivity index is 2.32. The predicted molar refractivity (Wildman–Crippen MR) is 74.8 cm³/mol. The zero-order valence-electron chi connectivity index (χ0n) is 10.1. The Morgan fingerprint density at radius 1 is 1.11 bits per heavy atom. The van der Waals surface area contributed by atoms with Crippen molar-refractivity contribution in [2.75, 3.05) is 19.5 Å². The van der Waals surface area contributed by atoms with Crippen LogP contribution in [0.5, 0.6) is 11.5 Å². The topological polar surface area (TPSA) is 43.4 Å². The summed E-state index contributed by atoms with van der Waals surface area (Å²) < 4.78 is 11.4. The summed E-state index contributed by atoms with van der Waals surface area (Å²) in [6.07, 6.45) is 3.47. The molecule has 2 rings (SSSR count). The molecule has 0 fully saturated rings. The normalized spacial score (nSPS) is 9.94. The third-order valence-electron chi connectivity index (χ3n) is 2.39. The first kappa shape index (κ1) is 12.7. The minimum atomic E-state index is 0.746. The Morgan fingerprint density at radius 2 is 1.94 bits per heavy atom. The van der Waals surface area contributed by atoms with E-state index in [2.05, 4.69) is 26.2 Å². The number of methoxy groups -OCH3 is 2. The van der Waals surface area contributed by atoms with Gasteiger partial charge in [-0.25, -0.2) is 0 Å². The first-order chi connectivity index (χ1) is 8.72. The fourth-order valence-corrected chi connectivity index (χ4v) is 1.91. The van der Waals surface area contributed by atoms with Crippen LogP contribution in [0, 0.1) is 0 Å². The number of pyridine rings is 1. The molecule has 0 bridgehead atoms. The molecule has 0 aliphatic heterocycles. The van der Waals surface area contributed by atoms with Crippen molar-refractivity contribution in [3.05, 3.63) is 41.1 Å². The molecule has 1 aromatic carbocycles. The molecule has 1 heterocycles. The molecule has 1 N–H and O–H groups in total. The van der Waals surface area contributed by atoms with Gasteiger partial charge in [0.1, 0.15) is 11.5 Å². The van der Waals surface area contributed by atoms with E-state index in [0.29, 0.717) is 0 Å². The van der Waals surface area contributed by atoms with Crippen molar-refractivity contribution in [1.29, 1.82) is 0 Å². The fraction of sp³-hybridized carbons (Fsp3) is 0.154. The lowest BCUT2D eigenvalue weighted by Crippen LogP contribution is -1.96. The van der Waals surface area contributed by atoms with E-state index < -0.39 is 0 Å². The quantitative estimate of drug-likeness (QED) is 0.937. The number of anilines is 2. The van der Waals surface area contributed by atoms with Crippen molar-refractivity contribution < 1.29 is 9.47 Å². The van der Waals surface area contributed by atoms with Gasteiger partial charge >= 0.3 is 0 Å². The predicted octanol–water partition coefficient (Wildman–Crippen LogP) is 3.60. The van der Waals surface area contributed by atoms with Gasteiger partial charge in [-0.15, -0.1) is 0 Å². The largest absolute Gasteiger partial charge is 0.497 e. The molecule has 0 saturated carbocycles. The van der Waals surface area contributed by atoms with Crippen LogP contribution in [0.2, 0.25) is 0 Å². The molecule has 94 valence electrons. The molecular weight excluding hydrogens is 296 g/mol. The van der Waals surface area contributed by atoms with E-state index in [-0.39, 0.29) is 0 Å². The fourth-order valence-electron chi connectivity index (χ4n) is 1.55.